The maximum Gasteiger partial charge on any atom is 0.240 e. The Morgan fingerprint density at radius 3 is 3.11 bits per heavy atom. The number of aromatic nitrogens is 3. The number of hydrogen-bond acceptors (Lipinski definition) is 5. The third-order valence-electron chi connectivity index (χ3n) is 3.35. The Morgan fingerprint density at radius 2 is 2.22 bits per heavy atom. The van der Waals surface area contributed by atoms with Crippen molar-refractivity contribution in [1.29, 1.82) is 0 Å². The van der Waals surface area contributed by atoms with Crippen LogP contribution >= 0.6 is 0 Å². The molecule has 3 rings (SSSR count). The van der Waals surface area contributed by atoms with Gasteiger partial charge in [-0.15, -0.1) is 5.10 Å². The molecule has 2 aromatic heterocycles. The zero-order valence-electron chi connectivity index (χ0n) is 10.6. The van der Waals surface area contributed by atoms with Crippen molar-refractivity contribution < 1.29 is 0 Å². The number of nitrogen functional groups attached to an aromatic ring is 1. The van der Waals surface area contributed by atoms with E-state index in [4.69, 9.17) is 5.73 Å². The van der Waals surface area contributed by atoms with Gasteiger partial charge in [-0.2, -0.15) is 4.98 Å². The van der Waals surface area contributed by atoms with Crippen LogP contribution in [0.1, 0.15) is 12.0 Å². The third-order valence-corrected chi connectivity index (χ3v) is 3.35. The molecule has 0 spiro atoms. The number of nitrogens with two attached hydrogens (primary N) is 1. The number of pyridine rings is 1. The molecule has 0 amide bonds. The molecule has 1 aliphatic heterocycles. The highest BCUT2D eigenvalue weighted by atomic mass is 15.3. The van der Waals surface area contributed by atoms with E-state index in [0.717, 1.165) is 38.2 Å². The van der Waals surface area contributed by atoms with E-state index in [1.54, 1.807) is 4.52 Å². The fourth-order valence-corrected chi connectivity index (χ4v) is 2.45. The minimum absolute atomic E-state index is 0.323. The van der Waals surface area contributed by atoms with Gasteiger partial charge in [-0.25, -0.2) is 4.52 Å². The van der Waals surface area contributed by atoms with E-state index in [-0.39, 0.29) is 0 Å². The van der Waals surface area contributed by atoms with E-state index in [0.29, 0.717) is 5.95 Å². The predicted octanol–water partition coefficient (Wildman–Crippen LogP) is 0.420. The maximum absolute atomic E-state index is 5.63. The number of nitrogens with one attached hydrogen (secondary N) is 1. The molecule has 0 radical (unpaired) electrons. The molecule has 0 saturated carbocycles. The summed E-state index contributed by atoms with van der Waals surface area (Å²) in [5.74, 6) is 0.323. The summed E-state index contributed by atoms with van der Waals surface area (Å²) in [5, 5.41) is 7.59. The number of anilines is 2. The lowest BCUT2D eigenvalue weighted by Crippen LogP contribution is -2.28. The van der Waals surface area contributed by atoms with Crippen molar-refractivity contribution in [2.75, 3.05) is 36.8 Å². The van der Waals surface area contributed by atoms with Crippen molar-refractivity contribution in [1.82, 2.24) is 19.9 Å². The number of nitrogens with zero attached hydrogens (tertiary/aromatic N) is 4. The molecule has 0 bridgehead atoms. The molecule has 0 aromatic carbocycles. The van der Waals surface area contributed by atoms with Gasteiger partial charge < -0.3 is 16.0 Å². The number of aryl methyl sites for hydroxylation is 1. The Bertz CT molecular complexity index is 553. The Labute approximate surface area is 106 Å². The van der Waals surface area contributed by atoms with E-state index in [1.165, 1.54) is 11.3 Å². The molecule has 1 saturated heterocycles. The Morgan fingerprint density at radius 1 is 1.33 bits per heavy atom. The smallest absolute Gasteiger partial charge is 0.240 e. The largest absolute Gasteiger partial charge is 0.369 e. The molecule has 0 aliphatic carbocycles. The van der Waals surface area contributed by atoms with Crippen molar-refractivity contribution in [3.63, 3.8) is 0 Å². The fourth-order valence-electron chi connectivity index (χ4n) is 2.45. The molecule has 1 fully saturated rings. The predicted molar refractivity (Wildman–Crippen MR) is 71.8 cm³/mol. The lowest BCUT2D eigenvalue weighted by Gasteiger charge is -2.24. The van der Waals surface area contributed by atoms with Crippen LogP contribution in [0.5, 0.6) is 0 Å². The Balaban J connectivity index is 2.01. The number of rotatable bonds is 1. The monoisotopic (exact) mass is 246 g/mol. The lowest BCUT2D eigenvalue weighted by molar-refractivity contribution is 0.724. The molecule has 6 heteroatoms. The second-order valence-corrected chi connectivity index (χ2v) is 4.71. The molecule has 0 atom stereocenters. The fraction of sp³-hybridized carbons (Fsp3) is 0.500. The first-order valence-corrected chi connectivity index (χ1v) is 6.32. The molecule has 6 nitrogen and oxygen atoms in total. The molecular weight excluding hydrogens is 228 g/mol. The maximum atomic E-state index is 5.63. The quantitative estimate of drug-likeness (QED) is 0.763. The van der Waals surface area contributed by atoms with Gasteiger partial charge in [-0.1, -0.05) is 0 Å². The normalized spacial score (nSPS) is 17.1. The molecule has 3 N–H and O–H groups in total. The van der Waals surface area contributed by atoms with Crippen molar-refractivity contribution >= 4 is 17.3 Å². The molecule has 0 unspecified atom stereocenters. The first kappa shape index (κ1) is 11.3. The zero-order valence-corrected chi connectivity index (χ0v) is 10.6. The molecular formula is C12H18N6. The summed E-state index contributed by atoms with van der Waals surface area (Å²) in [6.07, 6.45) is 3.19. The van der Waals surface area contributed by atoms with E-state index in [9.17, 15) is 0 Å². The first-order chi connectivity index (χ1) is 8.74. The van der Waals surface area contributed by atoms with Crippen LogP contribution in [0.4, 0.5) is 11.6 Å². The van der Waals surface area contributed by atoms with Gasteiger partial charge in [-0.3, -0.25) is 0 Å². The van der Waals surface area contributed by atoms with Crippen LogP contribution in [-0.4, -0.2) is 40.8 Å². The minimum atomic E-state index is 0.323. The Hall–Kier alpha value is -1.82. The second-order valence-electron chi connectivity index (χ2n) is 4.71. The summed E-state index contributed by atoms with van der Waals surface area (Å²) < 4.78 is 1.76. The van der Waals surface area contributed by atoms with Gasteiger partial charge in [0.2, 0.25) is 5.95 Å². The minimum Gasteiger partial charge on any atom is -0.369 e. The van der Waals surface area contributed by atoms with Crippen molar-refractivity contribution in [2.24, 2.45) is 0 Å². The molecule has 1 aliphatic rings. The van der Waals surface area contributed by atoms with Crippen molar-refractivity contribution in [3.8, 4) is 0 Å². The van der Waals surface area contributed by atoms with Gasteiger partial charge in [0.25, 0.3) is 0 Å². The van der Waals surface area contributed by atoms with Crippen LogP contribution < -0.4 is 16.0 Å². The first-order valence-electron chi connectivity index (χ1n) is 6.32. The summed E-state index contributed by atoms with van der Waals surface area (Å²) in [6, 6.07) is 2.04. The van der Waals surface area contributed by atoms with Gasteiger partial charge in [0.1, 0.15) is 0 Å². The highest BCUT2D eigenvalue weighted by Gasteiger charge is 2.13. The van der Waals surface area contributed by atoms with E-state index in [2.05, 4.69) is 27.2 Å². The summed E-state index contributed by atoms with van der Waals surface area (Å²) in [5.41, 5.74) is 8.87. The lowest BCUT2D eigenvalue weighted by atomic mass is 10.2. The number of hydrogen-bond donors (Lipinski definition) is 2. The van der Waals surface area contributed by atoms with Crippen LogP contribution in [0.15, 0.2) is 12.3 Å². The van der Waals surface area contributed by atoms with E-state index >= 15 is 0 Å². The molecule has 3 heterocycles. The highest BCUT2D eigenvalue weighted by molar-refractivity contribution is 5.58. The van der Waals surface area contributed by atoms with Crippen molar-refractivity contribution in [3.05, 3.63) is 17.8 Å². The highest BCUT2D eigenvalue weighted by Crippen LogP contribution is 2.22. The topological polar surface area (TPSA) is 71.5 Å². The average molecular weight is 246 g/mol. The van der Waals surface area contributed by atoms with Gasteiger partial charge in [0, 0.05) is 19.6 Å². The van der Waals surface area contributed by atoms with Gasteiger partial charge in [-0.05, 0) is 31.5 Å². The standard InChI is InChI=1S/C12H18N6/c1-9-7-11-15-12(13)16-18(11)8-10(9)17-5-2-3-14-4-6-17/h7-8,14H,2-6H2,1H3,(H2,13,16). The van der Waals surface area contributed by atoms with Crippen molar-refractivity contribution in [2.45, 2.75) is 13.3 Å². The molecule has 18 heavy (non-hydrogen) atoms. The summed E-state index contributed by atoms with van der Waals surface area (Å²) in [7, 11) is 0. The summed E-state index contributed by atoms with van der Waals surface area (Å²) in [6.45, 7) is 6.32. The van der Waals surface area contributed by atoms with Crippen LogP contribution in [0.2, 0.25) is 0 Å². The second kappa shape index (κ2) is 4.45. The van der Waals surface area contributed by atoms with Crippen LogP contribution in [-0.2, 0) is 0 Å². The third kappa shape index (κ3) is 1.99. The van der Waals surface area contributed by atoms with Gasteiger partial charge in [0.15, 0.2) is 5.65 Å². The molecule has 2 aromatic rings. The van der Waals surface area contributed by atoms with Gasteiger partial charge >= 0.3 is 0 Å². The van der Waals surface area contributed by atoms with E-state index in [1.807, 2.05) is 12.3 Å². The average Bonchev–Trinajstić information content (AvgIpc) is 2.55. The summed E-state index contributed by atoms with van der Waals surface area (Å²) >= 11 is 0. The van der Waals surface area contributed by atoms with Crippen LogP contribution in [0.25, 0.3) is 5.65 Å². The van der Waals surface area contributed by atoms with Gasteiger partial charge in [0.05, 0.1) is 11.9 Å². The zero-order chi connectivity index (χ0) is 12.5. The molecule has 96 valence electrons. The Kier molecular flexibility index (Phi) is 2.79. The summed E-state index contributed by atoms with van der Waals surface area (Å²) in [4.78, 5) is 6.57. The van der Waals surface area contributed by atoms with Crippen LogP contribution in [0.3, 0.4) is 0 Å². The van der Waals surface area contributed by atoms with Crippen LogP contribution in [0, 0.1) is 6.92 Å². The SMILES string of the molecule is Cc1cc2nc(N)nn2cc1N1CCCNCC1. The van der Waals surface area contributed by atoms with E-state index < -0.39 is 0 Å². The number of fused-ring (bicyclic) bond motifs is 1.